The van der Waals surface area contributed by atoms with Crippen molar-refractivity contribution in [1.82, 2.24) is 0 Å². The lowest BCUT2D eigenvalue weighted by atomic mass is 10.1. The van der Waals surface area contributed by atoms with Gasteiger partial charge in [-0.05, 0) is 30.9 Å². The van der Waals surface area contributed by atoms with Gasteiger partial charge in [0.05, 0.1) is 12.7 Å². The first-order valence-electron chi connectivity index (χ1n) is 5.66. The standard InChI is InChI=1S/C13H16O3/c1-2-15-13(14)9-16-12-8-7-10-5-3-4-6-11(10)12/h3-6,12H,2,7-9H2,1H3. The molecule has 0 amide bonds. The predicted molar refractivity (Wildman–Crippen MR) is 60.1 cm³/mol. The van der Waals surface area contributed by atoms with Crippen LogP contribution in [0.15, 0.2) is 24.3 Å². The molecular weight excluding hydrogens is 204 g/mol. The minimum atomic E-state index is -0.285. The van der Waals surface area contributed by atoms with Crippen LogP contribution >= 0.6 is 0 Å². The molecule has 0 bridgehead atoms. The smallest absolute Gasteiger partial charge is 0.332 e. The predicted octanol–water partition coefficient (Wildman–Crippen LogP) is 2.25. The molecule has 86 valence electrons. The van der Waals surface area contributed by atoms with Crippen molar-refractivity contribution in [2.75, 3.05) is 13.2 Å². The summed E-state index contributed by atoms with van der Waals surface area (Å²) in [6.07, 6.45) is 2.04. The van der Waals surface area contributed by atoms with E-state index in [1.54, 1.807) is 6.92 Å². The Morgan fingerprint density at radius 2 is 2.25 bits per heavy atom. The highest BCUT2D eigenvalue weighted by atomic mass is 16.6. The van der Waals surface area contributed by atoms with E-state index in [4.69, 9.17) is 9.47 Å². The van der Waals surface area contributed by atoms with Gasteiger partial charge in [-0.2, -0.15) is 0 Å². The molecule has 0 aromatic heterocycles. The highest BCUT2D eigenvalue weighted by Gasteiger charge is 2.23. The minimum Gasteiger partial charge on any atom is -0.464 e. The SMILES string of the molecule is CCOC(=O)COC1CCc2ccccc21. The topological polar surface area (TPSA) is 35.5 Å². The number of carbonyl (C=O) groups excluding carboxylic acids is 1. The van der Waals surface area contributed by atoms with Crippen molar-refractivity contribution in [2.24, 2.45) is 0 Å². The number of ether oxygens (including phenoxy) is 2. The summed E-state index contributed by atoms with van der Waals surface area (Å²) in [4.78, 5) is 11.2. The number of carbonyl (C=O) groups is 1. The Hall–Kier alpha value is -1.35. The summed E-state index contributed by atoms with van der Waals surface area (Å²) >= 11 is 0. The molecule has 0 saturated carbocycles. The molecule has 1 aromatic rings. The summed E-state index contributed by atoms with van der Waals surface area (Å²) in [6, 6.07) is 8.22. The highest BCUT2D eigenvalue weighted by Crippen LogP contribution is 2.33. The van der Waals surface area contributed by atoms with Crippen molar-refractivity contribution < 1.29 is 14.3 Å². The van der Waals surface area contributed by atoms with Crippen molar-refractivity contribution in [3.63, 3.8) is 0 Å². The van der Waals surface area contributed by atoms with Gasteiger partial charge >= 0.3 is 5.97 Å². The van der Waals surface area contributed by atoms with Crippen LogP contribution in [0.25, 0.3) is 0 Å². The first-order chi connectivity index (χ1) is 7.81. The van der Waals surface area contributed by atoms with Crippen LogP contribution in [-0.2, 0) is 20.7 Å². The number of benzene rings is 1. The number of rotatable bonds is 4. The maximum absolute atomic E-state index is 11.2. The third-order valence-corrected chi connectivity index (χ3v) is 2.79. The monoisotopic (exact) mass is 220 g/mol. The number of hydrogen-bond donors (Lipinski definition) is 0. The first kappa shape index (κ1) is 11.1. The molecule has 0 radical (unpaired) electrons. The van der Waals surface area contributed by atoms with E-state index >= 15 is 0 Å². The molecule has 0 N–H and O–H groups in total. The molecule has 1 aliphatic carbocycles. The molecule has 1 aromatic carbocycles. The molecule has 0 saturated heterocycles. The minimum absolute atomic E-state index is 0.0485. The van der Waals surface area contributed by atoms with Gasteiger partial charge in [0, 0.05) is 0 Å². The van der Waals surface area contributed by atoms with Crippen LogP contribution in [-0.4, -0.2) is 19.2 Å². The second-order valence-electron chi connectivity index (χ2n) is 3.84. The van der Waals surface area contributed by atoms with Crippen LogP contribution in [0.4, 0.5) is 0 Å². The summed E-state index contributed by atoms with van der Waals surface area (Å²) in [5.74, 6) is -0.285. The molecule has 0 heterocycles. The Kier molecular flexibility index (Phi) is 3.57. The third kappa shape index (κ3) is 2.42. The van der Waals surface area contributed by atoms with E-state index < -0.39 is 0 Å². The fourth-order valence-electron chi connectivity index (χ4n) is 2.06. The van der Waals surface area contributed by atoms with E-state index in [9.17, 15) is 4.79 Å². The van der Waals surface area contributed by atoms with E-state index in [0.717, 1.165) is 12.8 Å². The second kappa shape index (κ2) is 5.12. The zero-order chi connectivity index (χ0) is 11.4. The van der Waals surface area contributed by atoms with Crippen LogP contribution < -0.4 is 0 Å². The normalized spacial score (nSPS) is 18.2. The molecule has 1 atom stereocenters. The van der Waals surface area contributed by atoms with E-state index in [-0.39, 0.29) is 18.7 Å². The van der Waals surface area contributed by atoms with Crippen molar-refractivity contribution in [2.45, 2.75) is 25.9 Å². The molecular formula is C13H16O3. The summed E-state index contributed by atoms with van der Waals surface area (Å²) in [5, 5.41) is 0. The van der Waals surface area contributed by atoms with Gasteiger partial charge in [-0.25, -0.2) is 4.79 Å². The third-order valence-electron chi connectivity index (χ3n) is 2.79. The fourth-order valence-corrected chi connectivity index (χ4v) is 2.06. The molecule has 3 heteroatoms. The fraction of sp³-hybridized carbons (Fsp3) is 0.462. The first-order valence-corrected chi connectivity index (χ1v) is 5.66. The Bertz CT molecular complexity index is 373. The molecule has 0 fully saturated rings. The maximum atomic E-state index is 11.2. The molecule has 0 spiro atoms. The Morgan fingerprint density at radius 3 is 3.06 bits per heavy atom. The number of esters is 1. The van der Waals surface area contributed by atoms with Crippen molar-refractivity contribution in [1.29, 1.82) is 0 Å². The van der Waals surface area contributed by atoms with Crippen molar-refractivity contribution >= 4 is 5.97 Å². The summed E-state index contributed by atoms with van der Waals surface area (Å²) in [5.41, 5.74) is 2.54. The lowest BCUT2D eigenvalue weighted by Gasteiger charge is -2.12. The quantitative estimate of drug-likeness (QED) is 0.730. The van der Waals surface area contributed by atoms with Gasteiger partial charge in [0.2, 0.25) is 0 Å². The zero-order valence-corrected chi connectivity index (χ0v) is 9.44. The maximum Gasteiger partial charge on any atom is 0.332 e. The van der Waals surface area contributed by atoms with Crippen LogP contribution in [0, 0.1) is 0 Å². The van der Waals surface area contributed by atoms with E-state index in [2.05, 4.69) is 12.1 Å². The largest absolute Gasteiger partial charge is 0.464 e. The van der Waals surface area contributed by atoms with Gasteiger partial charge in [-0.3, -0.25) is 0 Å². The van der Waals surface area contributed by atoms with Gasteiger partial charge in [-0.15, -0.1) is 0 Å². The summed E-state index contributed by atoms with van der Waals surface area (Å²) in [6.45, 7) is 2.25. The van der Waals surface area contributed by atoms with Gasteiger partial charge < -0.3 is 9.47 Å². The summed E-state index contributed by atoms with van der Waals surface area (Å²) < 4.78 is 10.4. The molecule has 3 nitrogen and oxygen atoms in total. The van der Waals surface area contributed by atoms with Crippen molar-refractivity contribution in [3.05, 3.63) is 35.4 Å². The van der Waals surface area contributed by atoms with E-state index in [1.165, 1.54) is 11.1 Å². The van der Waals surface area contributed by atoms with Crippen LogP contribution in [0.2, 0.25) is 0 Å². The van der Waals surface area contributed by atoms with Gasteiger partial charge in [0.1, 0.15) is 6.61 Å². The molecule has 2 rings (SSSR count). The number of fused-ring (bicyclic) bond motifs is 1. The Labute approximate surface area is 95.4 Å². The number of hydrogen-bond acceptors (Lipinski definition) is 3. The Morgan fingerprint density at radius 1 is 1.44 bits per heavy atom. The van der Waals surface area contributed by atoms with E-state index in [0.29, 0.717) is 6.61 Å². The Balaban J connectivity index is 1.91. The van der Waals surface area contributed by atoms with Gasteiger partial charge in [0.25, 0.3) is 0 Å². The molecule has 1 unspecified atom stereocenters. The van der Waals surface area contributed by atoms with Crippen molar-refractivity contribution in [3.8, 4) is 0 Å². The second-order valence-corrected chi connectivity index (χ2v) is 3.84. The van der Waals surface area contributed by atoms with Gasteiger partial charge in [-0.1, -0.05) is 24.3 Å². The molecule has 16 heavy (non-hydrogen) atoms. The van der Waals surface area contributed by atoms with E-state index in [1.807, 2.05) is 12.1 Å². The molecule has 0 aliphatic heterocycles. The van der Waals surface area contributed by atoms with Crippen LogP contribution in [0.1, 0.15) is 30.6 Å². The summed E-state index contributed by atoms with van der Waals surface area (Å²) in [7, 11) is 0. The van der Waals surface area contributed by atoms with Crippen LogP contribution in [0.5, 0.6) is 0 Å². The lowest BCUT2D eigenvalue weighted by molar-refractivity contribution is -0.150. The molecule has 1 aliphatic rings. The number of aryl methyl sites for hydroxylation is 1. The highest BCUT2D eigenvalue weighted by molar-refractivity contribution is 5.70. The lowest BCUT2D eigenvalue weighted by Crippen LogP contribution is -2.14. The zero-order valence-electron chi connectivity index (χ0n) is 9.44. The average Bonchev–Trinajstić information content (AvgIpc) is 2.70. The van der Waals surface area contributed by atoms with Crippen LogP contribution in [0.3, 0.4) is 0 Å². The average molecular weight is 220 g/mol. The van der Waals surface area contributed by atoms with Gasteiger partial charge in [0.15, 0.2) is 0 Å².